The molecule has 0 saturated heterocycles. The van der Waals surface area contributed by atoms with Crippen LogP contribution in [0.2, 0.25) is 0 Å². The van der Waals surface area contributed by atoms with Gasteiger partial charge in [-0.3, -0.25) is 9.80 Å². The van der Waals surface area contributed by atoms with Crippen molar-refractivity contribution in [1.29, 1.82) is 0 Å². The number of carbonyl (C=O) groups is 1. The van der Waals surface area contributed by atoms with E-state index >= 15 is 0 Å². The number of aliphatic hydroxyl groups is 1. The van der Waals surface area contributed by atoms with Gasteiger partial charge in [0.05, 0.1) is 6.10 Å². The molecule has 1 aromatic carbocycles. The molecule has 6 nitrogen and oxygen atoms in total. The Morgan fingerprint density at radius 1 is 1.25 bits per heavy atom. The van der Waals surface area contributed by atoms with Crippen molar-refractivity contribution in [3.05, 3.63) is 23.3 Å². The van der Waals surface area contributed by atoms with Crippen LogP contribution in [0.15, 0.2) is 22.5 Å². The highest BCUT2D eigenvalue weighted by molar-refractivity contribution is 5.72. The zero-order chi connectivity index (χ0) is 20.1. The van der Waals surface area contributed by atoms with Crippen molar-refractivity contribution in [1.82, 2.24) is 5.01 Å². The van der Waals surface area contributed by atoms with Gasteiger partial charge in [-0.25, -0.2) is 0 Å². The molecular weight excluding hydrogens is 354 g/mol. The van der Waals surface area contributed by atoms with E-state index in [-0.39, 0.29) is 17.5 Å². The number of benzene rings is 1. The Bertz CT molecular complexity index is 806. The largest absolute Gasteiger partial charge is 0.424 e. The van der Waals surface area contributed by atoms with Crippen LogP contribution in [0.1, 0.15) is 63.0 Å². The van der Waals surface area contributed by atoms with Gasteiger partial charge in [0, 0.05) is 21.0 Å². The average molecular weight is 386 g/mol. The molecule has 0 radical (unpaired) electrons. The Kier molecular flexibility index (Phi) is 4.94. The summed E-state index contributed by atoms with van der Waals surface area (Å²) >= 11 is 0. The molecule has 28 heavy (non-hydrogen) atoms. The highest BCUT2D eigenvalue weighted by Crippen LogP contribution is 2.61. The summed E-state index contributed by atoms with van der Waals surface area (Å²) < 4.78 is 5.43. The summed E-state index contributed by atoms with van der Waals surface area (Å²) in [6.45, 7) is 3.71. The lowest BCUT2D eigenvalue weighted by atomic mass is 9.55. The maximum absolute atomic E-state index is 11.6. The Morgan fingerprint density at radius 3 is 2.75 bits per heavy atom. The lowest BCUT2D eigenvalue weighted by molar-refractivity contribution is -0.131. The van der Waals surface area contributed by atoms with Crippen LogP contribution in [0.4, 0.5) is 5.69 Å². The van der Waals surface area contributed by atoms with Crippen molar-refractivity contribution in [3.63, 3.8) is 0 Å². The molecule has 6 heteroatoms. The molecule has 0 aromatic heterocycles. The van der Waals surface area contributed by atoms with Crippen molar-refractivity contribution in [2.24, 2.45) is 27.6 Å². The zero-order valence-corrected chi connectivity index (χ0v) is 17.3. The summed E-state index contributed by atoms with van der Waals surface area (Å²) in [5, 5.41) is 20.7. The number of rotatable bonds is 3. The van der Waals surface area contributed by atoms with Gasteiger partial charge in [-0.1, -0.05) is 12.1 Å². The fourth-order valence-electron chi connectivity index (χ4n) is 6.01. The van der Waals surface area contributed by atoms with Crippen LogP contribution in [-0.2, 0) is 11.2 Å². The van der Waals surface area contributed by atoms with Crippen LogP contribution in [-0.4, -0.2) is 36.3 Å². The van der Waals surface area contributed by atoms with Crippen LogP contribution < -0.4 is 4.74 Å². The third-order valence-electron chi connectivity index (χ3n) is 7.34. The maximum Gasteiger partial charge on any atom is 0.308 e. The first-order valence-corrected chi connectivity index (χ1v) is 10.4. The van der Waals surface area contributed by atoms with E-state index in [1.54, 1.807) is 5.01 Å². The number of carbonyl (C=O) groups excluding carboxylic acids is 1. The number of aliphatic hydroxyl groups excluding tert-OH is 1. The fourth-order valence-corrected chi connectivity index (χ4v) is 6.01. The molecular formula is C22H31N3O3. The molecule has 5 atom stereocenters. The lowest BCUT2D eigenvalue weighted by Gasteiger charge is -2.50. The first-order valence-electron chi connectivity index (χ1n) is 10.4. The standard InChI is InChI=1S/C22H31N3O3/c1-13(26)28-20-11-14-5-6-16-15(17(14)12-19(20)23-24-25(3)4)9-10-22(2)18(16)7-8-21(22)27/h11-12,15-16,18,21,27H,5-10H2,1-4H3. The zero-order valence-electron chi connectivity index (χ0n) is 17.3. The Hall–Kier alpha value is -1.95. The summed E-state index contributed by atoms with van der Waals surface area (Å²) in [7, 11) is 3.63. The molecule has 0 aliphatic heterocycles. The molecule has 2 saturated carbocycles. The smallest absolute Gasteiger partial charge is 0.308 e. The number of fused-ring (bicyclic) bond motifs is 5. The number of hydrogen-bond donors (Lipinski definition) is 1. The lowest BCUT2D eigenvalue weighted by Crippen LogP contribution is -2.43. The second-order valence-electron chi connectivity index (χ2n) is 9.20. The summed E-state index contributed by atoms with van der Waals surface area (Å²) in [6.07, 6.45) is 6.20. The number of hydrogen-bond acceptors (Lipinski definition) is 5. The molecule has 3 aliphatic carbocycles. The molecule has 1 aromatic rings. The van der Waals surface area contributed by atoms with Crippen molar-refractivity contribution < 1.29 is 14.6 Å². The van der Waals surface area contributed by atoms with Gasteiger partial charge >= 0.3 is 5.97 Å². The normalized spacial score (nSPS) is 33.9. The fraction of sp³-hybridized carbons (Fsp3) is 0.682. The van der Waals surface area contributed by atoms with Crippen LogP contribution in [0.5, 0.6) is 5.75 Å². The number of ether oxygens (including phenoxy) is 1. The quantitative estimate of drug-likeness (QED) is 0.362. The van der Waals surface area contributed by atoms with Gasteiger partial charge in [-0.2, -0.15) is 0 Å². The molecule has 3 aliphatic rings. The van der Waals surface area contributed by atoms with E-state index in [0.29, 0.717) is 29.2 Å². The molecule has 0 amide bonds. The second-order valence-corrected chi connectivity index (χ2v) is 9.20. The minimum absolute atomic E-state index is 0.0732. The van der Waals surface area contributed by atoms with E-state index in [1.165, 1.54) is 18.1 Å². The van der Waals surface area contributed by atoms with Gasteiger partial charge < -0.3 is 9.84 Å². The molecule has 0 spiro atoms. The highest BCUT2D eigenvalue weighted by Gasteiger charge is 2.54. The Balaban J connectivity index is 1.71. The summed E-state index contributed by atoms with van der Waals surface area (Å²) in [6, 6.07) is 4.08. The predicted molar refractivity (Wildman–Crippen MR) is 107 cm³/mol. The third kappa shape index (κ3) is 3.21. The summed E-state index contributed by atoms with van der Waals surface area (Å²) in [5.41, 5.74) is 3.29. The van der Waals surface area contributed by atoms with E-state index < -0.39 is 0 Å². The summed E-state index contributed by atoms with van der Waals surface area (Å²) in [4.78, 5) is 11.6. The average Bonchev–Trinajstić information content (AvgIpc) is 2.94. The van der Waals surface area contributed by atoms with Crippen LogP contribution in [0, 0.1) is 17.3 Å². The third-order valence-corrected chi connectivity index (χ3v) is 7.34. The maximum atomic E-state index is 11.6. The summed E-state index contributed by atoms with van der Waals surface area (Å²) in [5.74, 6) is 1.85. The van der Waals surface area contributed by atoms with E-state index in [1.807, 2.05) is 20.2 Å². The van der Waals surface area contributed by atoms with Crippen LogP contribution >= 0.6 is 0 Å². The van der Waals surface area contributed by atoms with E-state index in [2.05, 4.69) is 23.3 Å². The minimum Gasteiger partial charge on any atom is -0.424 e. The first-order chi connectivity index (χ1) is 13.3. The van der Waals surface area contributed by atoms with E-state index in [4.69, 9.17) is 4.74 Å². The molecule has 0 heterocycles. The molecule has 152 valence electrons. The highest BCUT2D eigenvalue weighted by atomic mass is 16.5. The van der Waals surface area contributed by atoms with Gasteiger partial charge in [0.2, 0.25) is 0 Å². The topological polar surface area (TPSA) is 74.5 Å². The monoisotopic (exact) mass is 385 g/mol. The number of esters is 1. The molecule has 2 fully saturated rings. The molecule has 0 bridgehead atoms. The molecule has 5 unspecified atom stereocenters. The SMILES string of the molecule is CC(=O)Oc1cc2c(cc1N=NN(C)C)C1CCC3(C)C(O)CCC3C1CC2. The van der Waals surface area contributed by atoms with E-state index in [9.17, 15) is 9.90 Å². The molecule has 1 N–H and O–H groups in total. The van der Waals surface area contributed by atoms with Gasteiger partial charge in [-0.15, -0.1) is 5.11 Å². The second kappa shape index (κ2) is 7.14. The number of nitrogens with zero attached hydrogens (tertiary/aromatic N) is 3. The Morgan fingerprint density at radius 2 is 2.04 bits per heavy atom. The van der Waals surface area contributed by atoms with E-state index in [0.717, 1.165) is 38.5 Å². The van der Waals surface area contributed by atoms with Gasteiger partial charge in [-0.05, 0) is 85.0 Å². The van der Waals surface area contributed by atoms with Crippen molar-refractivity contribution in [2.45, 2.75) is 64.4 Å². The van der Waals surface area contributed by atoms with Crippen LogP contribution in [0.25, 0.3) is 0 Å². The number of aryl methyl sites for hydroxylation is 1. The van der Waals surface area contributed by atoms with Crippen molar-refractivity contribution in [2.75, 3.05) is 14.1 Å². The van der Waals surface area contributed by atoms with Gasteiger partial charge in [0.15, 0.2) is 5.75 Å². The molecule has 4 rings (SSSR count). The van der Waals surface area contributed by atoms with Gasteiger partial charge in [0.25, 0.3) is 0 Å². The first kappa shape index (κ1) is 19.4. The van der Waals surface area contributed by atoms with Crippen molar-refractivity contribution in [3.8, 4) is 5.75 Å². The van der Waals surface area contributed by atoms with Crippen molar-refractivity contribution >= 4 is 11.7 Å². The minimum atomic E-state index is -0.344. The van der Waals surface area contributed by atoms with Gasteiger partial charge in [0.1, 0.15) is 5.69 Å². The van der Waals surface area contributed by atoms with Crippen LogP contribution in [0.3, 0.4) is 0 Å². The predicted octanol–water partition coefficient (Wildman–Crippen LogP) is 4.39. The Labute approximate surface area is 166 Å².